The molecule has 2 aliphatic rings. The van der Waals surface area contributed by atoms with Crippen LogP contribution in [-0.4, -0.2) is 54.7 Å². The summed E-state index contributed by atoms with van der Waals surface area (Å²) in [6.07, 6.45) is 0. The molecule has 4 rings (SSSR count). The lowest BCUT2D eigenvalue weighted by Gasteiger charge is -2.37. The molecule has 1 N–H and O–H groups in total. The van der Waals surface area contributed by atoms with Gasteiger partial charge in [-0.3, -0.25) is 14.6 Å². The Morgan fingerprint density at radius 3 is 2.37 bits per heavy atom. The molecule has 0 aromatic heterocycles. The Labute approximate surface area is 178 Å². The summed E-state index contributed by atoms with van der Waals surface area (Å²) >= 11 is 0. The first-order valence-corrected chi connectivity index (χ1v) is 10.8. The summed E-state index contributed by atoms with van der Waals surface area (Å²) in [6, 6.07) is 14.3. The molecule has 0 bridgehead atoms. The van der Waals surface area contributed by atoms with Gasteiger partial charge >= 0.3 is 0 Å². The first-order chi connectivity index (χ1) is 14.5. The van der Waals surface area contributed by atoms with E-state index >= 15 is 0 Å². The topological polar surface area (TPSA) is 54.0 Å². The van der Waals surface area contributed by atoms with Gasteiger partial charge in [0.15, 0.2) is 11.5 Å². The lowest BCUT2D eigenvalue weighted by atomic mass is 10.0. The molecule has 0 aliphatic carbocycles. The van der Waals surface area contributed by atoms with Gasteiger partial charge in [-0.2, -0.15) is 0 Å². The summed E-state index contributed by atoms with van der Waals surface area (Å²) in [5.74, 6) is 1.96. The molecule has 2 aromatic rings. The maximum absolute atomic E-state index is 12.7. The van der Waals surface area contributed by atoms with E-state index in [0.717, 1.165) is 44.2 Å². The van der Waals surface area contributed by atoms with Gasteiger partial charge in [0.2, 0.25) is 12.7 Å². The average molecular weight is 410 g/mol. The van der Waals surface area contributed by atoms with Crippen LogP contribution in [0.2, 0.25) is 0 Å². The maximum Gasteiger partial charge on any atom is 0.241 e. The van der Waals surface area contributed by atoms with Crippen molar-refractivity contribution in [1.29, 1.82) is 0 Å². The van der Waals surface area contributed by atoms with Crippen LogP contribution in [0.5, 0.6) is 11.5 Å². The van der Waals surface area contributed by atoms with E-state index < -0.39 is 0 Å². The number of carbonyl (C=O) groups excluding carboxylic acids is 1. The van der Waals surface area contributed by atoms with E-state index in [-0.39, 0.29) is 18.7 Å². The molecule has 160 valence electrons. The van der Waals surface area contributed by atoms with E-state index in [2.05, 4.69) is 53.2 Å². The number of hydrogen-bond donors (Lipinski definition) is 1. The summed E-state index contributed by atoms with van der Waals surface area (Å²) in [5.41, 5.74) is 3.46. The predicted molar refractivity (Wildman–Crippen MR) is 118 cm³/mol. The molecule has 0 radical (unpaired) electrons. The highest BCUT2D eigenvalue weighted by molar-refractivity contribution is 5.94. The van der Waals surface area contributed by atoms with Gasteiger partial charge in [-0.1, -0.05) is 38.1 Å². The number of hydrogen-bond acceptors (Lipinski definition) is 5. The van der Waals surface area contributed by atoms with Gasteiger partial charge in [0.1, 0.15) is 0 Å². The number of piperazine rings is 1. The molecule has 1 fully saturated rings. The lowest BCUT2D eigenvalue weighted by molar-refractivity contribution is -0.121. The van der Waals surface area contributed by atoms with Crippen molar-refractivity contribution in [1.82, 2.24) is 9.80 Å². The van der Waals surface area contributed by atoms with Crippen molar-refractivity contribution in [3.05, 3.63) is 53.6 Å². The highest BCUT2D eigenvalue weighted by Gasteiger charge is 2.26. The lowest BCUT2D eigenvalue weighted by Crippen LogP contribution is -2.52. The first kappa shape index (κ1) is 20.7. The second kappa shape index (κ2) is 9.06. The normalized spacial score (nSPS) is 17.9. The number of anilines is 1. The Balaban J connectivity index is 1.26. The van der Waals surface area contributed by atoms with Crippen LogP contribution in [0, 0.1) is 0 Å². The fourth-order valence-corrected chi connectivity index (χ4v) is 3.96. The third kappa shape index (κ3) is 4.77. The number of benzene rings is 2. The third-order valence-corrected chi connectivity index (χ3v) is 6.03. The number of nitrogens with zero attached hydrogens (tertiary/aromatic N) is 2. The Morgan fingerprint density at radius 1 is 0.967 bits per heavy atom. The van der Waals surface area contributed by atoms with E-state index in [1.165, 1.54) is 11.1 Å². The minimum absolute atomic E-state index is 0.00610. The number of rotatable bonds is 6. The van der Waals surface area contributed by atoms with Crippen LogP contribution in [0.4, 0.5) is 5.69 Å². The second-order valence-electron chi connectivity index (χ2n) is 8.44. The Bertz CT molecular complexity index is 874. The van der Waals surface area contributed by atoms with Gasteiger partial charge in [0.25, 0.3) is 0 Å². The van der Waals surface area contributed by atoms with Crippen LogP contribution in [-0.2, 0) is 11.3 Å². The van der Waals surface area contributed by atoms with Crippen molar-refractivity contribution in [2.45, 2.75) is 39.3 Å². The second-order valence-corrected chi connectivity index (χ2v) is 8.44. The van der Waals surface area contributed by atoms with Gasteiger partial charge in [0.05, 0.1) is 6.04 Å². The Kier molecular flexibility index (Phi) is 6.25. The molecule has 2 aromatic carbocycles. The number of carbonyl (C=O) groups is 1. The van der Waals surface area contributed by atoms with Crippen molar-refractivity contribution in [2.24, 2.45) is 0 Å². The van der Waals surface area contributed by atoms with Crippen LogP contribution in [0.15, 0.2) is 42.5 Å². The number of amides is 1. The van der Waals surface area contributed by atoms with E-state index in [4.69, 9.17) is 9.47 Å². The first-order valence-electron chi connectivity index (χ1n) is 10.8. The summed E-state index contributed by atoms with van der Waals surface area (Å²) < 4.78 is 10.7. The van der Waals surface area contributed by atoms with E-state index in [0.29, 0.717) is 11.7 Å². The molecule has 0 spiro atoms. The van der Waals surface area contributed by atoms with Gasteiger partial charge in [-0.15, -0.1) is 0 Å². The van der Waals surface area contributed by atoms with Gasteiger partial charge < -0.3 is 14.8 Å². The number of nitrogens with one attached hydrogen (secondary N) is 1. The van der Waals surface area contributed by atoms with Gasteiger partial charge in [-0.25, -0.2) is 0 Å². The summed E-state index contributed by atoms with van der Waals surface area (Å²) in [4.78, 5) is 17.4. The van der Waals surface area contributed by atoms with Crippen LogP contribution in [0.1, 0.15) is 37.8 Å². The molecule has 1 saturated heterocycles. The summed E-state index contributed by atoms with van der Waals surface area (Å²) in [5, 5.41) is 3.00. The SMILES string of the molecule is CC(C)c1ccc(CN2CCN(C(C)C(=O)Nc3ccc4c(c3)OCO4)CC2)cc1. The standard InChI is InChI=1S/C24H31N3O3/c1-17(2)20-6-4-19(5-7-20)15-26-10-12-27(13-11-26)18(3)24(28)25-21-8-9-22-23(14-21)30-16-29-22/h4-9,14,17-18H,10-13,15-16H2,1-3H3,(H,25,28). The zero-order valence-electron chi connectivity index (χ0n) is 18.1. The molecule has 0 saturated carbocycles. The summed E-state index contributed by atoms with van der Waals surface area (Å²) in [6.45, 7) is 11.3. The Morgan fingerprint density at radius 2 is 1.67 bits per heavy atom. The molecule has 6 nitrogen and oxygen atoms in total. The fraction of sp³-hybridized carbons (Fsp3) is 0.458. The monoisotopic (exact) mass is 409 g/mol. The van der Waals surface area contributed by atoms with Gasteiger partial charge in [-0.05, 0) is 36.1 Å². The molecule has 1 amide bonds. The van der Waals surface area contributed by atoms with Crippen molar-refractivity contribution in [3.63, 3.8) is 0 Å². The van der Waals surface area contributed by atoms with E-state index in [9.17, 15) is 4.79 Å². The summed E-state index contributed by atoms with van der Waals surface area (Å²) in [7, 11) is 0. The van der Waals surface area contributed by atoms with Crippen molar-refractivity contribution in [3.8, 4) is 11.5 Å². The van der Waals surface area contributed by atoms with Crippen LogP contribution >= 0.6 is 0 Å². The quantitative estimate of drug-likeness (QED) is 0.789. The van der Waals surface area contributed by atoms with Crippen LogP contribution in [0.25, 0.3) is 0 Å². The third-order valence-electron chi connectivity index (χ3n) is 6.03. The predicted octanol–water partition coefficient (Wildman–Crippen LogP) is 3.68. The highest BCUT2D eigenvalue weighted by Crippen LogP contribution is 2.34. The Hall–Kier alpha value is -2.57. The minimum Gasteiger partial charge on any atom is -0.454 e. The minimum atomic E-state index is -0.178. The maximum atomic E-state index is 12.7. The highest BCUT2D eigenvalue weighted by atomic mass is 16.7. The number of fused-ring (bicyclic) bond motifs is 1. The zero-order valence-corrected chi connectivity index (χ0v) is 18.1. The molecule has 2 aliphatic heterocycles. The van der Waals surface area contributed by atoms with Crippen molar-refractivity contribution >= 4 is 11.6 Å². The molecule has 1 atom stereocenters. The molecule has 6 heteroatoms. The molecular weight excluding hydrogens is 378 g/mol. The van der Waals surface area contributed by atoms with Crippen molar-refractivity contribution in [2.75, 3.05) is 38.3 Å². The van der Waals surface area contributed by atoms with Gasteiger partial charge in [0, 0.05) is 44.5 Å². The molecule has 1 unspecified atom stereocenters. The average Bonchev–Trinajstić information content (AvgIpc) is 3.22. The molecular formula is C24H31N3O3. The number of ether oxygens (including phenoxy) is 2. The van der Waals surface area contributed by atoms with Crippen LogP contribution < -0.4 is 14.8 Å². The smallest absolute Gasteiger partial charge is 0.241 e. The zero-order chi connectivity index (χ0) is 21.1. The molecule has 30 heavy (non-hydrogen) atoms. The fourth-order valence-electron chi connectivity index (χ4n) is 3.96. The van der Waals surface area contributed by atoms with Crippen molar-refractivity contribution < 1.29 is 14.3 Å². The largest absolute Gasteiger partial charge is 0.454 e. The molecule has 2 heterocycles. The van der Waals surface area contributed by atoms with E-state index in [1.807, 2.05) is 25.1 Å². The van der Waals surface area contributed by atoms with E-state index in [1.54, 1.807) is 0 Å². The van der Waals surface area contributed by atoms with Crippen LogP contribution in [0.3, 0.4) is 0 Å².